The smallest absolute Gasteiger partial charge is 0.394 e. The van der Waals surface area contributed by atoms with Crippen LogP contribution in [0.1, 0.15) is 6.92 Å². The summed E-state index contributed by atoms with van der Waals surface area (Å²) >= 11 is 0. The highest BCUT2D eigenvalue weighted by Gasteiger charge is 2.11. The zero-order valence-corrected chi connectivity index (χ0v) is 13.2. The number of anilines is 1. The van der Waals surface area contributed by atoms with Crippen LogP contribution in [0.2, 0.25) is 0 Å². The molecule has 0 radical (unpaired) electrons. The summed E-state index contributed by atoms with van der Waals surface area (Å²) in [4.78, 5) is 0. The molecular weight excluding hydrogens is 326 g/mol. The predicted molar refractivity (Wildman–Crippen MR) is 76.8 cm³/mol. The van der Waals surface area contributed by atoms with Gasteiger partial charge in [-0.25, -0.2) is 8.42 Å². The summed E-state index contributed by atoms with van der Waals surface area (Å²) < 4.78 is 66.9. The molecule has 1 aromatic rings. The van der Waals surface area contributed by atoms with Crippen molar-refractivity contribution < 1.29 is 35.4 Å². The molecule has 122 valence electrons. The molecule has 9 nitrogen and oxygen atoms in total. The first-order chi connectivity index (χ1) is 9.52. The third-order valence-corrected chi connectivity index (χ3v) is 3.34. The Kier molecular flexibility index (Phi) is 7.43. The van der Waals surface area contributed by atoms with Crippen molar-refractivity contribution in [3.05, 3.63) is 18.2 Å². The van der Waals surface area contributed by atoms with Crippen molar-refractivity contribution in [1.82, 2.24) is 0 Å². The van der Waals surface area contributed by atoms with Gasteiger partial charge in [-0.2, -0.15) is 8.42 Å². The predicted octanol–water partition coefficient (Wildman–Crippen LogP) is 0.813. The van der Waals surface area contributed by atoms with Crippen LogP contribution in [0.25, 0.3) is 0 Å². The fraction of sp³-hybridized carbons (Fsp3) is 0.400. The minimum Gasteiger partial charge on any atom is -0.497 e. The maximum atomic E-state index is 11.4. The van der Waals surface area contributed by atoms with Gasteiger partial charge in [0.1, 0.15) is 11.5 Å². The minimum atomic E-state index is -4.67. The van der Waals surface area contributed by atoms with E-state index < -0.39 is 20.4 Å². The van der Waals surface area contributed by atoms with E-state index in [2.05, 4.69) is 4.72 Å². The summed E-state index contributed by atoms with van der Waals surface area (Å²) in [7, 11) is -4.99. The molecule has 0 spiro atoms. The number of benzene rings is 1. The summed E-state index contributed by atoms with van der Waals surface area (Å²) in [5.41, 5.74) is 0.378. The quantitative estimate of drug-likeness (QED) is 0.667. The van der Waals surface area contributed by atoms with Crippen LogP contribution in [0.15, 0.2) is 18.2 Å². The summed E-state index contributed by atoms with van der Waals surface area (Å²) in [5, 5.41) is 0. The SMILES string of the molecule is CCS(=O)(=O)Nc1cc(OC)ccc1OC.O=S(=O)(O)O. The van der Waals surface area contributed by atoms with Crippen LogP contribution in [0.3, 0.4) is 0 Å². The molecule has 11 heteroatoms. The van der Waals surface area contributed by atoms with Gasteiger partial charge in [-0.05, 0) is 19.1 Å². The standard InChI is InChI=1S/C10H15NO4S.H2O4S/c1-4-16(12,13)11-9-7-8(14-2)5-6-10(9)15-3;1-5(2,3)4/h5-7,11H,4H2,1-3H3;(H2,1,2,3,4). The summed E-state index contributed by atoms with van der Waals surface area (Å²) in [6.45, 7) is 1.56. The Bertz CT molecular complexity index is 646. The first-order valence-electron chi connectivity index (χ1n) is 5.44. The average molecular weight is 343 g/mol. The topological polar surface area (TPSA) is 139 Å². The van der Waals surface area contributed by atoms with Crippen molar-refractivity contribution in [3.63, 3.8) is 0 Å². The van der Waals surface area contributed by atoms with Gasteiger partial charge in [0.2, 0.25) is 10.0 Å². The van der Waals surface area contributed by atoms with E-state index in [1.165, 1.54) is 14.2 Å². The average Bonchev–Trinajstić information content (AvgIpc) is 2.36. The fourth-order valence-corrected chi connectivity index (χ4v) is 1.77. The molecule has 0 saturated carbocycles. The van der Waals surface area contributed by atoms with Crippen molar-refractivity contribution in [2.45, 2.75) is 6.92 Å². The molecule has 0 unspecified atom stereocenters. The number of rotatable bonds is 5. The molecule has 3 N–H and O–H groups in total. The Morgan fingerprint density at radius 3 is 2.00 bits per heavy atom. The van der Waals surface area contributed by atoms with Crippen molar-refractivity contribution in [2.24, 2.45) is 0 Å². The van der Waals surface area contributed by atoms with Crippen LogP contribution in [0.4, 0.5) is 5.69 Å². The first kappa shape index (κ1) is 19.4. The second-order valence-electron chi connectivity index (χ2n) is 3.52. The molecular formula is C10H17NO8S2. The van der Waals surface area contributed by atoms with Gasteiger partial charge < -0.3 is 9.47 Å². The summed E-state index contributed by atoms with van der Waals surface area (Å²) in [6, 6.07) is 4.92. The van der Waals surface area contributed by atoms with E-state index in [9.17, 15) is 8.42 Å². The summed E-state index contributed by atoms with van der Waals surface area (Å²) in [5.74, 6) is 1.03. The number of ether oxygens (including phenoxy) is 2. The molecule has 0 saturated heterocycles. The Morgan fingerprint density at radius 2 is 1.62 bits per heavy atom. The normalized spacial score (nSPS) is 11.1. The minimum absolute atomic E-state index is 0.00731. The highest BCUT2D eigenvalue weighted by atomic mass is 32.3. The molecule has 0 aliphatic rings. The lowest BCUT2D eigenvalue weighted by Gasteiger charge is -2.11. The van der Waals surface area contributed by atoms with Crippen LogP contribution in [-0.2, 0) is 20.4 Å². The first-order valence-corrected chi connectivity index (χ1v) is 8.49. The third kappa shape index (κ3) is 9.07. The molecule has 0 amide bonds. The van der Waals surface area contributed by atoms with Gasteiger partial charge in [0.25, 0.3) is 0 Å². The molecule has 0 heterocycles. The number of methoxy groups -OCH3 is 2. The Labute approximate surface area is 123 Å². The number of hydrogen-bond donors (Lipinski definition) is 3. The molecule has 0 bridgehead atoms. The molecule has 0 atom stereocenters. The third-order valence-electron chi connectivity index (χ3n) is 2.05. The highest BCUT2D eigenvalue weighted by Crippen LogP contribution is 2.29. The van der Waals surface area contributed by atoms with E-state index in [1.807, 2.05) is 0 Å². The molecule has 0 aliphatic heterocycles. The van der Waals surface area contributed by atoms with E-state index in [4.69, 9.17) is 27.0 Å². The van der Waals surface area contributed by atoms with Gasteiger partial charge in [-0.1, -0.05) is 0 Å². The summed E-state index contributed by atoms with van der Waals surface area (Å²) in [6.07, 6.45) is 0. The van der Waals surface area contributed by atoms with E-state index in [0.717, 1.165) is 0 Å². The van der Waals surface area contributed by atoms with Crippen molar-refractivity contribution in [3.8, 4) is 11.5 Å². The number of hydrogen-bond acceptors (Lipinski definition) is 6. The lowest BCUT2D eigenvalue weighted by atomic mass is 10.3. The Balaban J connectivity index is 0.000000690. The largest absolute Gasteiger partial charge is 0.497 e. The van der Waals surface area contributed by atoms with Crippen LogP contribution in [0, 0.1) is 0 Å². The zero-order chi connectivity index (χ0) is 16.7. The van der Waals surface area contributed by atoms with Gasteiger partial charge in [0.05, 0.1) is 25.7 Å². The van der Waals surface area contributed by atoms with Gasteiger partial charge in [-0.3, -0.25) is 13.8 Å². The lowest BCUT2D eigenvalue weighted by molar-refractivity contribution is 0.381. The van der Waals surface area contributed by atoms with E-state index in [-0.39, 0.29) is 5.75 Å². The Morgan fingerprint density at radius 1 is 1.10 bits per heavy atom. The molecule has 21 heavy (non-hydrogen) atoms. The zero-order valence-electron chi connectivity index (χ0n) is 11.6. The number of sulfonamides is 1. The van der Waals surface area contributed by atoms with E-state index in [1.54, 1.807) is 25.1 Å². The van der Waals surface area contributed by atoms with Gasteiger partial charge >= 0.3 is 10.4 Å². The molecule has 1 aromatic carbocycles. The van der Waals surface area contributed by atoms with E-state index in [0.29, 0.717) is 17.2 Å². The van der Waals surface area contributed by atoms with Crippen LogP contribution in [-0.4, -0.2) is 45.9 Å². The molecule has 0 aromatic heterocycles. The maximum absolute atomic E-state index is 11.4. The van der Waals surface area contributed by atoms with Crippen LogP contribution < -0.4 is 14.2 Å². The van der Waals surface area contributed by atoms with Gasteiger partial charge in [0, 0.05) is 6.07 Å². The van der Waals surface area contributed by atoms with Crippen molar-refractivity contribution in [2.75, 3.05) is 24.7 Å². The Hall–Kier alpha value is -1.56. The second kappa shape index (κ2) is 8.02. The van der Waals surface area contributed by atoms with E-state index >= 15 is 0 Å². The van der Waals surface area contributed by atoms with Crippen molar-refractivity contribution >= 4 is 26.1 Å². The molecule has 1 rings (SSSR count). The van der Waals surface area contributed by atoms with Gasteiger partial charge in [-0.15, -0.1) is 0 Å². The van der Waals surface area contributed by atoms with Crippen molar-refractivity contribution in [1.29, 1.82) is 0 Å². The lowest BCUT2D eigenvalue weighted by Crippen LogP contribution is -2.15. The second-order valence-corrected chi connectivity index (χ2v) is 6.43. The maximum Gasteiger partial charge on any atom is 0.394 e. The fourth-order valence-electron chi connectivity index (χ4n) is 1.13. The highest BCUT2D eigenvalue weighted by molar-refractivity contribution is 7.92. The monoisotopic (exact) mass is 343 g/mol. The van der Waals surface area contributed by atoms with Crippen LogP contribution in [0.5, 0.6) is 11.5 Å². The molecule has 0 aliphatic carbocycles. The van der Waals surface area contributed by atoms with Crippen LogP contribution >= 0.6 is 0 Å². The molecule has 0 fully saturated rings. The number of nitrogens with one attached hydrogen (secondary N) is 1. The van der Waals surface area contributed by atoms with Gasteiger partial charge in [0.15, 0.2) is 0 Å².